The number of sulfonamides is 1. The first kappa shape index (κ1) is 20.3. The highest BCUT2D eigenvalue weighted by atomic mass is 32.2. The van der Waals surface area contributed by atoms with Crippen molar-refractivity contribution in [2.24, 2.45) is 5.92 Å². The predicted octanol–water partition coefficient (Wildman–Crippen LogP) is 3.02. The summed E-state index contributed by atoms with van der Waals surface area (Å²) >= 11 is 1.16. The van der Waals surface area contributed by atoms with Gasteiger partial charge in [0.2, 0.25) is 15.9 Å². The van der Waals surface area contributed by atoms with Crippen LogP contribution in [0.4, 0.5) is 5.69 Å². The molecule has 0 radical (unpaired) electrons. The van der Waals surface area contributed by atoms with Gasteiger partial charge in [0.15, 0.2) is 5.76 Å². The number of thiophene rings is 1. The number of ether oxygens (including phenoxy) is 1. The molecule has 3 heterocycles. The summed E-state index contributed by atoms with van der Waals surface area (Å²) in [4.78, 5) is 12.8. The molecule has 156 valence electrons. The van der Waals surface area contributed by atoms with E-state index in [9.17, 15) is 13.2 Å². The van der Waals surface area contributed by atoms with Gasteiger partial charge in [-0.05, 0) is 56.9 Å². The van der Waals surface area contributed by atoms with Crippen LogP contribution in [0.25, 0.3) is 12.2 Å². The lowest BCUT2D eigenvalue weighted by atomic mass is 10.2. The fourth-order valence-corrected chi connectivity index (χ4v) is 5.37. The predicted molar refractivity (Wildman–Crippen MR) is 110 cm³/mol. The van der Waals surface area contributed by atoms with E-state index in [1.165, 1.54) is 0 Å². The Bertz CT molecular complexity index is 1010. The van der Waals surface area contributed by atoms with E-state index in [0.29, 0.717) is 23.7 Å². The number of nitrogens with one attached hydrogen (secondary N) is 2. The molecule has 1 saturated carbocycles. The summed E-state index contributed by atoms with van der Waals surface area (Å²) in [5.74, 6) is 0.493. The van der Waals surface area contributed by atoms with Crippen molar-refractivity contribution >= 4 is 45.1 Å². The molecule has 8 nitrogen and oxygen atoms in total. The van der Waals surface area contributed by atoms with Gasteiger partial charge in [0, 0.05) is 23.9 Å². The zero-order chi connectivity index (χ0) is 20.4. The molecular formula is C19H23N3O5S2. The fraction of sp³-hybridized carbons (Fsp3) is 0.474. The maximum Gasteiger partial charge on any atom is 0.250 e. The molecule has 4 rings (SSSR count). The first-order valence-corrected chi connectivity index (χ1v) is 11.9. The average molecular weight is 438 g/mol. The minimum atomic E-state index is -3.57. The van der Waals surface area contributed by atoms with Crippen molar-refractivity contribution in [3.8, 4) is 0 Å². The van der Waals surface area contributed by atoms with Crippen LogP contribution in [0.3, 0.4) is 0 Å². The zero-order valence-corrected chi connectivity index (χ0v) is 17.6. The van der Waals surface area contributed by atoms with Crippen molar-refractivity contribution in [1.82, 2.24) is 9.88 Å². The molecule has 2 aliphatic rings. The van der Waals surface area contributed by atoms with Gasteiger partial charge in [-0.2, -0.15) is 0 Å². The highest BCUT2D eigenvalue weighted by Gasteiger charge is 2.31. The third kappa shape index (κ3) is 4.95. The number of hydrogen-bond acceptors (Lipinski definition) is 7. The topological polar surface area (TPSA) is 111 Å². The molecule has 2 N–H and O–H groups in total. The molecule has 29 heavy (non-hydrogen) atoms. The van der Waals surface area contributed by atoms with E-state index in [-0.39, 0.29) is 28.7 Å². The van der Waals surface area contributed by atoms with Gasteiger partial charge in [-0.1, -0.05) is 5.16 Å². The van der Waals surface area contributed by atoms with Crippen molar-refractivity contribution in [3.63, 3.8) is 0 Å². The maximum atomic E-state index is 12.5. The second-order valence-electron chi connectivity index (χ2n) is 7.25. The van der Waals surface area contributed by atoms with Crippen molar-refractivity contribution in [2.45, 2.75) is 42.9 Å². The van der Waals surface area contributed by atoms with Gasteiger partial charge in [0.25, 0.3) is 0 Å². The quantitative estimate of drug-likeness (QED) is 0.657. The van der Waals surface area contributed by atoms with Crippen LogP contribution >= 0.6 is 11.3 Å². The van der Waals surface area contributed by atoms with Crippen LogP contribution in [0.2, 0.25) is 0 Å². The summed E-state index contributed by atoms with van der Waals surface area (Å²) in [5.41, 5.74) is 1.16. The minimum Gasteiger partial charge on any atom is -0.377 e. The maximum absolute atomic E-state index is 12.5. The van der Waals surface area contributed by atoms with Gasteiger partial charge in [0.05, 0.1) is 6.10 Å². The molecule has 1 saturated heterocycles. The molecule has 2 aromatic rings. The third-order valence-electron chi connectivity index (χ3n) is 4.88. The zero-order valence-electron chi connectivity index (χ0n) is 16.0. The lowest BCUT2D eigenvalue weighted by Crippen LogP contribution is -2.31. The molecule has 2 aromatic heterocycles. The smallest absolute Gasteiger partial charge is 0.250 e. The Labute approximate surface area is 173 Å². The first-order valence-electron chi connectivity index (χ1n) is 9.59. The monoisotopic (exact) mass is 437 g/mol. The van der Waals surface area contributed by atoms with Crippen molar-refractivity contribution < 1.29 is 22.5 Å². The molecular weight excluding hydrogens is 414 g/mol. The summed E-state index contributed by atoms with van der Waals surface area (Å²) < 4.78 is 38.5. The highest BCUT2D eigenvalue weighted by Crippen LogP contribution is 2.32. The molecule has 1 unspecified atom stereocenters. The van der Waals surface area contributed by atoms with Crippen molar-refractivity contribution in [1.29, 1.82) is 0 Å². The lowest BCUT2D eigenvalue weighted by Gasteiger charge is -2.10. The van der Waals surface area contributed by atoms with Gasteiger partial charge < -0.3 is 14.6 Å². The van der Waals surface area contributed by atoms with Gasteiger partial charge in [0.1, 0.15) is 15.6 Å². The normalized spacial score (nSPS) is 19.8. The number of carbonyl (C=O) groups is 1. The molecule has 0 spiro atoms. The molecule has 1 aliphatic carbocycles. The van der Waals surface area contributed by atoms with Crippen molar-refractivity contribution in [3.05, 3.63) is 28.5 Å². The Morgan fingerprint density at radius 3 is 2.86 bits per heavy atom. The number of carbonyl (C=O) groups excluding carboxylic acids is 1. The van der Waals surface area contributed by atoms with E-state index >= 15 is 0 Å². The molecule has 0 aromatic carbocycles. The van der Waals surface area contributed by atoms with E-state index in [4.69, 9.17) is 9.26 Å². The molecule has 1 amide bonds. The molecule has 0 bridgehead atoms. The van der Waals surface area contributed by atoms with Crippen LogP contribution in [-0.2, 0) is 19.6 Å². The highest BCUT2D eigenvalue weighted by molar-refractivity contribution is 7.91. The van der Waals surface area contributed by atoms with Gasteiger partial charge in [-0.3, -0.25) is 4.79 Å². The van der Waals surface area contributed by atoms with Crippen LogP contribution in [0.15, 0.2) is 20.9 Å². The van der Waals surface area contributed by atoms with Crippen molar-refractivity contribution in [2.75, 3.05) is 18.5 Å². The SMILES string of the molecule is Cc1noc(/C=C/c2ccc(S(=O)(=O)NCC3CCCO3)s2)c1NC(=O)C1CC1. The van der Waals surface area contributed by atoms with E-state index < -0.39 is 10.0 Å². The van der Waals surface area contributed by atoms with Crippen LogP contribution in [0, 0.1) is 12.8 Å². The lowest BCUT2D eigenvalue weighted by molar-refractivity contribution is -0.117. The second kappa shape index (κ2) is 8.39. The summed E-state index contributed by atoms with van der Waals surface area (Å²) in [6.45, 7) is 2.73. The molecule has 10 heteroatoms. The number of aromatic nitrogens is 1. The van der Waals surface area contributed by atoms with E-state index in [2.05, 4.69) is 15.2 Å². The molecule has 2 fully saturated rings. The van der Waals surface area contributed by atoms with E-state index in [1.54, 1.807) is 31.2 Å². The fourth-order valence-electron chi connectivity index (χ4n) is 3.03. The summed E-state index contributed by atoms with van der Waals surface area (Å²) in [7, 11) is -3.57. The van der Waals surface area contributed by atoms with Gasteiger partial charge in [-0.15, -0.1) is 11.3 Å². The van der Waals surface area contributed by atoms with Crippen LogP contribution in [0.1, 0.15) is 42.0 Å². The third-order valence-corrected chi connectivity index (χ3v) is 7.84. The number of rotatable bonds is 8. The number of amides is 1. The van der Waals surface area contributed by atoms with E-state index in [1.807, 2.05) is 0 Å². The standard InChI is InChI=1S/C19H23N3O5S2/c1-12-18(21-19(23)13-4-5-13)16(27-22-12)8-6-15-7-9-17(28-15)29(24,25)20-11-14-3-2-10-26-14/h6-9,13-14,20H,2-5,10-11H2,1H3,(H,21,23)/b8-6+. The summed E-state index contributed by atoms with van der Waals surface area (Å²) in [6, 6.07) is 3.30. The molecule has 1 aliphatic heterocycles. The number of hydrogen-bond donors (Lipinski definition) is 2. The summed E-state index contributed by atoms with van der Waals surface area (Å²) in [5, 5.41) is 6.78. The Morgan fingerprint density at radius 2 is 2.14 bits per heavy atom. The Kier molecular flexibility index (Phi) is 5.86. The van der Waals surface area contributed by atoms with Gasteiger partial charge >= 0.3 is 0 Å². The molecule has 1 atom stereocenters. The first-order chi connectivity index (χ1) is 13.9. The van der Waals surface area contributed by atoms with Crippen LogP contribution in [0.5, 0.6) is 0 Å². The Balaban J connectivity index is 1.42. The Hall–Kier alpha value is -2.01. The van der Waals surface area contributed by atoms with Crippen LogP contribution < -0.4 is 10.0 Å². The average Bonchev–Trinajstić information content (AvgIpc) is 3.07. The largest absolute Gasteiger partial charge is 0.377 e. The van der Waals surface area contributed by atoms with Crippen LogP contribution in [-0.4, -0.2) is 38.7 Å². The Morgan fingerprint density at radius 1 is 1.31 bits per heavy atom. The minimum absolute atomic E-state index is 0.0206. The summed E-state index contributed by atoms with van der Waals surface area (Å²) in [6.07, 6.45) is 7.04. The number of nitrogens with zero attached hydrogens (tertiary/aromatic N) is 1. The van der Waals surface area contributed by atoms with Gasteiger partial charge in [-0.25, -0.2) is 13.1 Å². The number of aryl methyl sites for hydroxylation is 1. The van der Waals surface area contributed by atoms with E-state index in [0.717, 1.165) is 41.9 Å². The number of anilines is 1. The second-order valence-corrected chi connectivity index (χ2v) is 10.4.